The molecule has 1 aliphatic rings. The smallest absolute Gasteiger partial charge is 0.233 e. The van der Waals surface area contributed by atoms with Crippen molar-refractivity contribution in [3.05, 3.63) is 35.7 Å². The third-order valence-corrected chi connectivity index (χ3v) is 6.80. The van der Waals surface area contributed by atoms with E-state index in [9.17, 15) is 4.79 Å². The van der Waals surface area contributed by atoms with E-state index in [1.54, 1.807) is 0 Å². The predicted octanol–water partition coefficient (Wildman–Crippen LogP) is 4.96. The zero-order valence-corrected chi connectivity index (χ0v) is 20.3. The summed E-state index contributed by atoms with van der Waals surface area (Å²) in [5.74, 6) is 2.65. The second-order valence-corrected chi connectivity index (χ2v) is 9.85. The van der Waals surface area contributed by atoms with Gasteiger partial charge in [0.1, 0.15) is 12.4 Å². The van der Waals surface area contributed by atoms with Gasteiger partial charge in [-0.3, -0.25) is 4.79 Å². The molecule has 1 aromatic carbocycles. The highest BCUT2D eigenvalue weighted by atomic mass is 32.2. The Hall–Kier alpha value is -2.02. The first-order valence-electron chi connectivity index (χ1n) is 11.5. The van der Waals surface area contributed by atoms with Crippen LogP contribution < -0.4 is 4.74 Å². The van der Waals surface area contributed by atoms with E-state index in [2.05, 4.69) is 66.4 Å². The van der Waals surface area contributed by atoms with Crippen molar-refractivity contribution in [2.45, 2.75) is 90.7 Å². The Labute approximate surface area is 190 Å². The summed E-state index contributed by atoms with van der Waals surface area (Å²) in [5, 5.41) is 9.56. The van der Waals surface area contributed by atoms with Gasteiger partial charge in [-0.25, -0.2) is 0 Å². The summed E-state index contributed by atoms with van der Waals surface area (Å²) in [6.45, 7) is 12.0. The molecule has 31 heavy (non-hydrogen) atoms. The molecule has 170 valence electrons. The quantitative estimate of drug-likeness (QED) is 0.512. The third-order valence-electron chi connectivity index (χ3n) is 5.85. The molecule has 0 N–H and O–H groups in total. The van der Waals surface area contributed by atoms with Crippen LogP contribution >= 0.6 is 11.8 Å². The lowest BCUT2D eigenvalue weighted by Crippen LogP contribution is -2.48. The molecule has 0 radical (unpaired) electrons. The molecule has 2 unspecified atom stereocenters. The average Bonchev–Trinajstić information content (AvgIpc) is 3.11. The molecule has 2 atom stereocenters. The van der Waals surface area contributed by atoms with Crippen molar-refractivity contribution >= 4 is 17.7 Å². The van der Waals surface area contributed by atoms with Crippen molar-refractivity contribution in [1.82, 2.24) is 19.7 Å². The highest BCUT2D eigenvalue weighted by Crippen LogP contribution is 2.26. The second kappa shape index (κ2) is 11.0. The van der Waals surface area contributed by atoms with Gasteiger partial charge in [-0.1, -0.05) is 44.7 Å². The molecular formula is C24H36N4O2S. The number of hydrogen-bond acceptors (Lipinski definition) is 5. The minimum Gasteiger partial charge on any atom is -0.486 e. The van der Waals surface area contributed by atoms with Crippen LogP contribution in [0.2, 0.25) is 0 Å². The maximum Gasteiger partial charge on any atom is 0.233 e. The maximum atomic E-state index is 12.9. The van der Waals surface area contributed by atoms with Crippen LogP contribution in [0, 0.1) is 5.92 Å². The van der Waals surface area contributed by atoms with E-state index >= 15 is 0 Å². The molecule has 3 rings (SSSR count). The van der Waals surface area contributed by atoms with Gasteiger partial charge in [0.15, 0.2) is 11.0 Å². The molecule has 0 bridgehead atoms. The Kier molecular flexibility index (Phi) is 8.41. The lowest BCUT2D eigenvalue weighted by molar-refractivity contribution is -0.134. The van der Waals surface area contributed by atoms with Gasteiger partial charge in [0.25, 0.3) is 0 Å². The van der Waals surface area contributed by atoms with Gasteiger partial charge >= 0.3 is 0 Å². The summed E-state index contributed by atoms with van der Waals surface area (Å²) in [7, 11) is 0. The molecule has 2 heterocycles. The van der Waals surface area contributed by atoms with Crippen molar-refractivity contribution in [2.24, 2.45) is 5.92 Å². The van der Waals surface area contributed by atoms with Crippen molar-refractivity contribution in [1.29, 1.82) is 0 Å². The van der Waals surface area contributed by atoms with E-state index in [1.165, 1.54) is 23.7 Å². The SMILES string of the molecule is CCc1ccc(OCc2nnc(SCC(=O)N3C(C)CCCC3C)n2CC(C)C)cc1. The molecule has 6 nitrogen and oxygen atoms in total. The third kappa shape index (κ3) is 6.25. The molecule has 1 aromatic heterocycles. The number of thioether (sulfide) groups is 1. The predicted molar refractivity (Wildman–Crippen MR) is 125 cm³/mol. The van der Waals surface area contributed by atoms with Gasteiger partial charge in [-0.15, -0.1) is 10.2 Å². The van der Waals surface area contributed by atoms with Crippen LogP contribution in [0.1, 0.15) is 65.3 Å². The van der Waals surface area contributed by atoms with Crippen molar-refractivity contribution < 1.29 is 9.53 Å². The summed E-state index contributed by atoms with van der Waals surface area (Å²) in [6.07, 6.45) is 4.39. The van der Waals surface area contributed by atoms with Gasteiger partial charge in [0, 0.05) is 18.6 Å². The van der Waals surface area contributed by atoms with Crippen LogP contribution in [0.25, 0.3) is 0 Å². The van der Waals surface area contributed by atoms with Gasteiger partial charge in [0.2, 0.25) is 5.91 Å². The Morgan fingerprint density at radius 3 is 2.45 bits per heavy atom. The van der Waals surface area contributed by atoms with Crippen LogP contribution in [0.4, 0.5) is 0 Å². The van der Waals surface area contributed by atoms with E-state index in [4.69, 9.17) is 4.74 Å². The highest BCUT2D eigenvalue weighted by molar-refractivity contribution is 7.99. The van der Waals surface area contributed by atoms with E-state index < -0.39 is 0 Å². The number of likely N-dealkylation sites (tertiary alicyclic amines) is 1. The Morgan fingerprint density at radius 1 is 1.16 bits per heavy atom. The number of piperidine rings is 1. The monoisotopic (exact) mass is 444 g/mol. The number of aryl methyl sites for hydroxylation is 1. The minimum atomic E-state index is 0.192. The van der Waals surface area contributed by atoms with Gasteiger partial charge in [-0.05, 0) is 63.1 Å². The van der Waals surface area contributed by atoms with Crippen molar-refractivity contribution in [2.75, 3.05) is 5.75 Å². The number of amides is 1. The molecule has 1 fully saturated rings. The molecule has 0 saturated carbocycles. The summed E-state index contributed by atoms with van der Waals surface area (Å²) in [4.78, 5) is 15.0. The van der Waals surface area contributed by atoms with Gasteiger partial charge in [-0.2, -0.15) is 0 Å². The fourth-order valence-electron chi connectivity index (χ4n) is 4.16. The van der Waals surface area contributed by atoms with Crippen LogP contribution in [0.3, 0.4) is 0 Å². The first-order chi connectivity index (χ1) is 14.9. The molecule has 1 saturated heterocycles. The number of carbonyl (C=O) groups excluding carboxylic acids is 1. The van der Waals surface area contributed by atoms with Crippen LogP contribution in [-0.4, -0.2) is 43.4 Å². The van der Waals surface area contributed by atoms with Crippen LogP contribution in [-0.2, 0) is 24.4 Å². The molecule has 0 aliphatic carbocycles. The Bertz CT molecular complexity index is 840. The van der Waals surface area contributed by atoms with Crippen LogP contribution in [0.5, 0.6) is 5.75 Å². The number of hydrogen-bond donors (Lipinski definition) is 0. The number of aromatic nitrogens is 3. The summed E-state index contributed by atoms with van der Waals surface area (Å²) < 4.78 is 8.07. The summed E-state index contributed by atoms with van der Waals surface area (Å²) in [6, 6.07) is 8.80. The fourth-order valence-corrected chi connectivity index (χ4v) is 5.00. The first kappa shape index (κ1) is 23.6. The lowest BCUT2D eigenvalue weighted by Gasteiger charge is -2.39. The first-order valence-corrected chi connectivity index (χ1v) is 12.4. The molecule has 2 aromatic rings. The van der Waals surface area contributed by atoms with Gasteiger partial charge < -0.3 is 14.2 Å². The van der Waals surface area contributed by atoms with Crippen molar-refractivity contribution in [3.8, 4) is 5.75 Å². The Morgan fingerprint density at radius 2 is 1.84 bits per heavy atom. The van der Waals surface area contributed by atoms with Crippen LogP contribution in [0.15, 0.2) is 29.4 Å². The molecule has 1 aliphatic heterocycles. The summed E-state index contributed by atoms with van der Waals surface area (Å²) >= 11 is 1.48. The average molecular weight is 445 g/mol. The highest BCUT2D eigenvalue weighted by Gasteiger charge is 2.29. The number of ether oxygens (including phenoxy) is 1. The normalized spacial score (nSPS) is 19.1. The second-order valence-electron chi connectivity index (χ2n) is 8.91. The van der Waals surface area contributed by atoms with E-state index in [0.29, 0.717) is 30.4 Å². The van der Waals surface area contributed by atoms with E-state index in [-0.39, 0.29) is 5.91 Å². The number of rotatable bonds is 9. The Balaban J connectivity index is 1.65. The molecular weight excluding hydrogens is 408 g/mol. The maximum absolute atomic E-state index is 12.9. The largest absolute Gasteiger partial charge is 0.486 e. The topological polar surface area (TPSA) is 60.3 Å². The summed E-state index contributed by atoms with van der Waals surface area (Å²) in [5.41, 5.74) is 1.29. The zero-order valence-electron chi connectivity index (χ0n) is 19.5. The lowest BCUT2D eigenvalue weighted by atomic mass is 9.98. The minimum absolute atomic E-state index is 0.192. The van der Waals surface area contributed by atoms with Crippen molar-refractivity contribution in [3.63, 3.8) is 0 Å². The number of nitrogens with zero attached hydrogens (tertiary/aromatic N) is 4. The number of carbonyl (C=O) groups is 1. The molecule has 7 heteroatoms. The zero-order chi connectivity index (χ0) is 22.4. The van der Waals surface area contributed by atoms with E-state index in [0.717, 1.165) is 42.5 Å². The van der Waals surface area contributed by atoms with E-state index in [1.807, 2.05) is 12.1 Å². The standard InChI is InChI=1S/C24H36N4O2S/c1-6-20-10-12-21(13-11-20)30-15-22-25-26-24(27(22)14-17(2)3)31-16-23(29)28-18(4)8-7-9-19(28)5/h10-13,17-19H,6-9,14-16H2,1-5H3. The number of benzene rings is 1. The van der Waals surface area contributed by atoms with Gasteiger partial charge in [0.05, 0.1) is 5.75 Å². The fraction of sp³-hybridized carbons (Fsp3) is 0.625. The molecule has 0 spiro atoms. The molecule has 1 amide bonds.